The van der Waals surface area contributed by atoms with E-state index in [2.05, 4.69) is 10.2 Å². The fraction of sp³-hybridized carbons (Fsp3) is 0.318. The molecule has 0 radical (unpaired) electrons. The summed E-state index contributed by atoms with van der Waals surface area (Å²) in [5.41, 5.74) is 1.75. The summed E-state index contributed by atoms with van der Waals surface area (Å²) in [6.07, 6.45) is 0. The molecule has 1 aromatic heterocycles. The summed E-state index contributed by atoms with van der Waals surface area (Å²) < 4.78 is 18.1. The molecule has 1 aliphatic rings. The summed E-state index contributed by atoms with van der Waals surface area (Å²) in [4.78, 5) is 14.4. The van der Waals surface area contributed by atoms with E-state index in [4.69, 9.17) is 14.2 Å². The van der Waals surface area contributed by atoms with Crippen molar-refractivity contribution >= 4 is 17.7 Å². The van der Waals surface area contributed by atoms with Gasteiger partial charge in [-0.15, -0.1) is 10.2 Å². The minimum absolute atomic E-state index is 0.0728. The van der Waals surface area contributed by atoms with Gasteiger partial charge >= 0.3 is 0 Å². The predicted molar refractivity (Wildman–Crippen MR) is 118 cm³/mol. The molecule has 1 fully saturated rings. The zero-order chi connectivity index (χ0) is 21.6. The molecular weight excluding hydrogens is 416 g/mol. The van der Waals surface area contributed by atoms with Gasteiger partial charge in [0.1, 0.15) is 0 Å². The highest BCUT2D eigenvalue weighted by Crippen LogP contribution is 2.34. The lowest BCUT2D eigenvalue weighted by molar-refractivity contribution is -0.132. The number of nitrogens with zero attached hydrogens (tertiary/aromatic N) is 4. The summed E-state index contributed by atoms with van der Waals surface area (Å²) in [7, 11) is 3.20. The van der Waals surface area contributed by atoms with Crippen molar-refractivity contribution in [1.29, 1.82) is 0 Å². The van der Waals surface area contributed by atoms with Crippen molar-refractivity contribution in [3.05, 3.63) is 48.5 Å². The van der Waals surface area contributed by atoms with E-state index >= 15 is 0 Å². The van der Waals surface area contributed by atoms with Gasteiger partial charge < -0.3 is 19.1 Å². The van der Waals surface area contributed by atoms with Crippen LogP contribution in [0.15, 0.2) is 53.7 Å². The van der Waals surface area contributed by atoms with Crippen molar-refractivity contribution in [2.45, 2.75) is 5.16 Å². The van der Waals surface area contributed by atoms with Crippen LogP contribution in [0.3, 0.4) is 0 Å². The van der Waals surface area contributed by atoms with Crippen LogP contribution in [0.4, 0.5) is 0 Å². The predicted octanol–water partition coefficient (Wildman–Crippen LogP) is 2.90. The third-order valence-corrected chi connectivity index (χ3v) is 5.89. The molecule has 1 saturated heterocycles. The minimum atomic E-state index is 0.0728. The number of methoxy groups -OCH3 is 2. The molecule has 0 bridgehead atoms. The van der Waals surface area contributed by atoms with Crippen LogP contribution >= 0.6 is 11.8 Å². The number of hydrogen-bond donors (Lipinski definition) is 0. The lowest BCUT2D eigenvalue weighted by atomic mass is 10.2. The third kappa shape index (κ3) is 4.67. The van der Waals surface area contributed by atoms with Crippen LogP contribution in [0.25, 0.3) is 17.1 Å². The van der Waals surface area contributed by atoms with Crippen LogP contribution in [0.5, 0.6) is 11.5 Å². The highest BCUT2D eigenvalue weighted by Gasteiger charge is 2.21. The Kier molecular flexibility index (Phi) is 6.73. The van der Waals surface area contributed by atoms with Crippen LogP contribution < -0.4 is 9.47 Å². The van der Waals surface area contributed by atoms with Crippen molar-refractivity contribution in [3.63, 3.8) is 0 Å². The van der Waals surface area contributed by atoms with Gasteiger partial charge in [0.05, 0.1) is 33.2 Å². The molecule has 0 atom stereocenters. The number of hydrogen-bond acceptors (Lipinski definition) is 7. The molecule has 1 aliphatic heterocycles. The normalized spacial score (nSPS) is 13.8. The summed E-state index contributed by atoms with van der Waals surface area (Å²) in [6, 6.07) is 15.5. The summed E-state index contributed by atoms with van der Waals surface area (Å²) >= 11 is 1.38. The molecule has 0 spiro atoms. The van der Waals surface area contributed by atoms with E-state index < -0.39 is 0 Å². The Hall–Kier alpha value is -3.04. The Bertz CT molecular complexity index is 1040. The van der Waals surface area contributed by atoms with Gasteiger partial charge in [0.15, 0.2) is 22.5 Å². The number of morpholine rings is 1. The number of amides is 1. The van der Waals surface area contributed by atoms with Gasteiger partial charge in [-0.25, -0.2) is 0 Å². The lowest BCUT2D eigenvalue weighted by Gasteiger charge is -2.26. The van der Waals surface area contributed by atoms with Crippen molar-refractivity contribution in [2.24, 2.45) is 0 Å². The Morgan fingerprint density at radius 1 is 1.03 bits per heavy atom. The van der Waals surface area contributed by atoms with Crippen molar-refractivity contribution in [1.82, 2.24) is 19.7 Å². The number of para-hydroxylation sites is 1. The maximum Gasteiger partial charge on any atom is 0.233 e. The molecule has 0 unspecified atom stereocenters. The van der Waals surface area contributed by atoms with E-state index in [0.717, 1.165) is 11.3 Å². The fourth-order valence-electron chi connectivity index (χ4n) is 3.37. The standard InChI is InChI=1S/C22H24N4O4S/c1-28-18-9-8-16(14-19(18)29-2)21-23-24-22(26(21)17-6-4-3-5-7-17)31-15-20(27)25-10-12-30-13-11-25/h3-9,14H,10-13,15H2,1-2H3. The van der Waals surface area contributed by atoms with Crippen LogP contribution in [0.2, 0.25) is 0 Å². The van der Waals surface area contributed by atoms with Gasteiger partial charge in [-0.3, -0.25) is 9.36 Å². The molecule has 2 heterocycles. The summed E-state index contributed by atoms with van der Waals surface area (Å²) in [5, 5.41) is 9.48. The molecule has 4 rings (SSSR count). The van der Waals surface area contributed by atoms with Gasteiger partial charge in [0.2, 0.25) is 5.91 Å². The van der Waals surface area contributed by atoms with Crippen LogP contribution in [0, 0.1) is 0 Å². The van der Waals surface area contributed by atoms with E-state index in [1.54, 1.807) is 14.2 Å². The third-order valence-electron chi connectivity index (χ3n) is 4.98. The van der Waals surface area contributed by atoms with E-state index in [1.807, 2.05) is 58.0 Å². The number of rotatable bonds is 7. The lowest BCUT2D eigenvalue weighted by Crippen LogP contribution is -2.41. The molecule has 2 aromatic carbocycles. The first-order valence-electron chi connectivity index (χ1n) is 9.93. The van der Waals surface area contributed by atoms with E-state index in [9.17, 15) is 4.79 Å². The number of thioether (sulfide) groups is 1. The van der Waals surface area contributed by atoms with Crippen LogP contribution in [-0.2, 0) is 9.53 Å². The van der Waals surface area contributed by atoms with Crippen LogP contribution in [-0.4, -0.2) is 71.8 Å². The highest BCUT2D eigenvalue weighted by atomic mass is 32.2. The first kappa shape index (κ1) is 21.2. The molecule has 9 heteroatoms. The first-order chi connectivity index (χ1) is 15.2. The Labute approximate surface area is 185 Å². The molecule has 8 nitrogen and oxygen atoms in total. The molecular formula is C22H24N4O4S. The van der Waals surface area contributed by atoms with Crippen molar-refractivity contribution in [2.75, 3.05) is 46.3 Å². The van der Waals surface area contributed by atoms with Crippen molar-refractivity contribution < 1.29 is 19.0 Å². The second-order valence-corrected chi connectivity index (χ2v) is 7.77. The SMILES string of the molecule is COc1ccc(-c2nnc(SCC(=O)N3CCOCC3)n2-c2ccccc2)cc1OC. The largest absolute Gasteiger partial charge is 0.493 e. The van der Waals surface area contributed by atoms with Gasteiger partial charge in [-0.05, 0) is 30.3 Å². The molecule has 162 valence electrons. The Morgan fingerprint density at radius 2 is 1.77 bits per heavy atom. The Balaban J connectivity index is 1.66. The van der Waals surface area contributed by atoms with E-state index in [-0.39, 0.29) is 11.7 Å². The molecule has 1 amide bonds. The number of benzene rings is 2. The maximum atomic E-state index is 12.6. The van der Waals surface area contributed by atoms with E-state index in [1.165, 1.54) is 11.8 Å². The average molecular weight is 441 g/mol. The Morgan fingerprint density at radius 3 is 2.48 bits per heavy atom. The number of carbonyl (C=O) groups is 1. The number of ether oxygens (including phenoxy) is 3. The van der Waals surface area contributed by atoms with E-state index in [0.29, 0.717) is 48.8 Å². The quantitative estimate of drug-likeness (QED) is 0.523. The maximum absolute atomic E-state index is 12.6. The van der Waals surface area contributed by atoms with Gasteiger partial charge in [-0.2, -0.15) is 0 Å². The molecule has 0 N–H and O–H groups in total. The van der Waals surface area contributed by atoms with Crippen LogP contribution in [0.1, 0.15) is 0 Å². The highest BCUT2D eigenvalue weighted by molar-refractivity contribution is 7.99. The first-order valence-corrected chi connectivity index (χ1v) is 10.9. The zero-order valence-electron chi connectivity index (χ0n) is 17.5. The topological polar surface area (TPSA) is 78.7 Å². The number of aromatic nitrogens is 3. The fourth-order valence-corrected chi connectivity index (χ4v) is 4.22. The van der Waals surface area contributed by atoms with Gasteiger partial charge in [0.25, 0.3) is 0 Å². The average Bonchev–Trinajstić information content (AvgIpc) is 3.27. The minimum Gasteiger partial charge on any atom is -0.493 e. The second kappa shape index (κ2) is 9.84. The molecule has 31 heavy (non-hydrogen) atoms. The van der Waals surface area contributed by atoms with Gasteiger partial charge in [-0.1, -0.05) is 30.0 Å². The molecule has 0 saturated carbocycles. The van der Waals surface area contributed by atoms with Gasteiger partial charge in [0, 0.05) is 24.3 Å². The van der Waals surface area contributed by atoms with Crippen molar-refractivity contribution in [3.8, 4) is 28.6 Å². The zero-order valence-corrected chi connectivity index (χ0v) is 18.3. The monoisotopic (exact) mass is 440 g/mol. The molecule has 3 aromatic rings. The smallest absolute Gasteiger partial charge is 0.233 e. The second-order valence-electron chi connectivity index (χ2n) is 6.83. The molecule has 0 aliphatic carbocycles. The summed E-state index contributed by atoms with van der Waals surface area (Å²) in [5.74, 6) is 2.27. The summed E-state index contributed by atoms with van der Waals surface area (Å²) in [6.45, 7) is 2.42. The number of carbonyl (C=O) groups excluding carboxylic acids is 1.